The summed E-state index contributed by atoms with van der Waals surface area (Å²) in [4.78, 5) is 2.72. The van der Waals surface area contributed by atoms with Gasteiger partial charge in [-0.05, 0) is 61.1 Å². The van der Waals surface area contributed by atoms with Crippen LogP contribution in [0.4, 0.5) is 0 Å². The Bertz CT molecular complexity index is 642. The second-order valence-electron chi connectivity index (χ2n) is 8.24. The number of fused-ring (bicyclic) bond motifs is 1. The minimum Gasteiger partial charge on any atom is -0.363 e. The number of nitrogens with zero attached hydrogens (tertiary/aromatic N) is 1. The van der Waals surface area contributed by atoms with Crippen LogP contribution in [0.5, 0.6) is 0 Å². The van der Waals surface area contributed by atoms with Crippen LogP contribution in [-0.2, 0) is 6.54 Å². The van der Waals surface area contributed by atoms with E-state index in [0.29, 0.717) is 6.04 Å². The maximum absolute atomic E-state index is 4.02. The van der Waals surface area contributed by atoms with Gasteiger partial charge in [0.15, 0.2) is 0 Å². The molecular weight excluding hydrogens is 314 g/mol. The minimum absolute atomic E-state index is 0.610. The van der Waals surface area contributed by atoms with E-state index < -0.39 is 0 Å². The van der Waals surface area contributed by atoms with E-state index in [4.69, 9.17) is 0 Å². The van der Waals surface area contributed by atoms with E-state index in [1.165, 1.54) is 56.9 Å². The summed E-state index contributed by atoms with van der Waals surface area (Å²) in [6.07, 6.45) is 13.5. The Morgan fingerprint density at radius 3 is 2.31 bits per heavy atom. The van der Waals surface area contributed by atoms with Crippen LogP contribution in [0.3, 0.4) is 0 Å². The summed E-state index contributed by atoms with van der Waals surface area (Å²) in [5, 5.41) is 0. The van der Waals surface area contributed by atoms with Crippen molar-refractivity contribution in [2.75, 3.05) is 0 Å². The zero-order chi connectivity index (χ0) is 18.5. The first-order chi connectivity index (χ1) is 12.7. The third kappa shape index (κ3) is 4.08. The van der Waals surface area contributed by atoms with Gasteiger partial charge >= 0.3 is 0 Å². The van der Waals surface area contributed by atoms with Crippen molar-refractivity contribution in [1.29, 1.82) is 0 Å². The monoisotopic (exact) mass is 351 g/mol. The lowest BCUT2D eigenvalue weighted by Crippen LogP contribution is -2.29. The smallest absolute Gasteiger partial charge is 0.0441 e. The maximum atomic E-state index is 4.02. The van der Waals surface area contributed by atoms with Gasteiger partial charge in [0.2, 0.25) is 0 Å². The molecule has 0 saturated heterocycles. The highest BCUT2D eigenvalue weighted by atomic mass is 15.2. The fourth-order valence-corrected chi connectivity index (χ4v) is 4.75. The topological polar surface area (TPSA) is 3.24 Å². The Kier molecular flexibility index (Phi) is 6.62. The quantitative estimate of drug-likeness (QED) is 0.396. The molecule has 1 fully saturated rings. The molecule has 0 aromatic heterocycles. The zero-order valence-corrected chi connectivity index (χ0v) is 17.2. The van der Waals surface area contributed by atoms with Gasteiger partial charge in [-0.25, -0.2) is 0 Å². The first kappa shape index (κ1) is 19.3. The third-order valence-electron chi connectivity index (χ3n) is 6.09. The Morgan fingerprint density at radius 1 is 1.04 bits per heavy atom. The van der Waals surface area contributed by atoms with Crippen molar-refractivity contribution in [2.24, 2.45) is 0 Å². The zero-order valence-electron chi connectivity index (χ0n) is 17.2. The van der Waals surface area contributed by atoms with Crippen LogP contribution in [-0.4, -0.2) is 10.9 Å². The van der Waals surface area contributed by atoms with Gasteiger partial charge in [-0.15, -0.1) is 6.58 Å². The van der Waals surface area contributed by atoms with Crippen molar-refractivity contribution < 1.29 is 0 Å². The molecule has 1 aliphatic carbocycles. The van der Waals surface area contributed by atoms with Crippen LogP contribution in [0, 0.1) is 0 Å². The van der Waals surface area contributed by atoms with Gasteiger partial charge < -0.3 is 4.90 Å². The van der Waals surface area contributed by atoms with Crippen molar-refractivity contribution in [3.05, 3.63) is 53.1 Å². The highest BCUT2D eigenvalue weighted by Gasteiger charge is 2.34. The van der Waals surface area contributed by atoms with E-state index in [2.05, 4.69) is 56.5 Å². The molecule has 1 aliphatic heterocycles. The van der Waals surface area contributed by atoms with E-state index in [1.807, 2.05) is 0 Å². The third-order valence-corrected chi connectivity index (χ3v) is 6.09. The fourth-order valence-electron chi connectivity index (χ4n) is 4.75. The maximum Gasteiger partial charge on any atom is 0.0441 e. The predicted octanol–water partition coefficient (Wildman–Crippen LogP) is 7.44. The molecule has 1 nitrogen and oxygen atoms in total. The fraction of sp³-hybridized carbons (Fsp3) is 0.600. The molecule has 0 spiro atoms. The number of allylic oxidation sites excluding steroid dienone is 1. The largest absolute Gasteiger partial charge is 0.363 e. The van der Waals surface area contributed by atoms with Gasteiger partial charge in [-0.2, -0.15) is 0 Å². The minimum atomic E-state index is 0.610. The normalized spacial score (nSPS) is 17.0. The second kappa shape index (κ2) is 8.93. The van der Waals surface area contributed by atoms with Crippen molar-refractivity contribution >= 4 is 5.70 Å². The standard InChI is InChI=1S/C25H37N/c1-5-9-19(10-6-2)21-15-16-24-22(17-21)18-26(25(24)20-13-14-20)23(11-7-3)12-8-4/h7,15-17,19,23H,3,5-6,8-14,18H2,1-2,4H3. The van der Waals surface area contributed by atoms with Crippen LogP contribution in [0.2, 0.25) is 0 Å². The van der Waals surface area contributed by atoms with Crippen LogP contribution < -0.4 is 0 Å². The SMILES string of the molecule is C=CCC(CCC)N1Cc2cc(C(CCC)CCC)ccc2C1=C1CC1. The summed E-state index contributed by atoms with van der Waals surface area (Å²) in [7, 11) is 0. The molecule has 26 heavy (non-hydrogen) atoms. The van der Waals surface area contributed by atoms with Crippen LogP contribution in [0.25, 0.3) is 5.70 Å². The second-order valence-corrected chi connectivity index (χ2v) is 8.24. The Morgan fingerprint density at radius 2 is 1.73 bits per heavy atom. The van der Waals surface area contributed by atoms with E-state index in [1.54, 1.807) is 22.4 Å². The lowest BCUT2D eigenvalue weighted by molar-refractivity contribution is 0.282. The van der Waals surface area contributed by atoms with E-state index in [9.17, 15) is 0 Å². The van der Waals surface area contributed by atoms with Gasteiger partial charge in [0.25, 0.3) is 0 Å². The summed E-state index contributed by atoms with van der Waals surface area (Å²) in [6, 6.07) is 8.04. The Hall–Kier alpha value is -1.50. The van der Waals surface area contributed by atoms with Gasteiger partial charge in [0, 0.05) is 23.8 Å². The molecule has 142 valence electrons. The summed E-state index contributed by atoms with van der Waals surface area (Å²) >= 11 is 0. The van der Waals surface area contributed by atoms with Crippen molar-refractivity contribution in [2.45, 2.75) is 97.1 Å². The molecule has 1 heterocycles. The highest BCUT2D eigenvalue weighted by molar-refractivity contribution is 5.76. The molecular formula is C25H37N. The summed E-state index contributed by atoms with van der Waals surface area (Å²) in [5.74, 6) is 0.737. The number of benzene rings is 1. The van der Waals surface area contributed by atoms with E-state index >= 15 is 0 Å². The number of rotatable bonds is 10. The first-order valence-electron chi connectivity index (χ1n) is 11.0. The molecule has 1 aromatic carbocycles. The van der Waals surface area contributed by atoms with Crippen molar-refractivity contribution in [1.82, 2.24) is 4.90 Å². The van der Waals surface area contributed by atoms with Crippen LogP contribution >= 0.6 is 0 Å². The van der Waals surface area contributed by atoms with Crippen molar-refractivity contribution in [3.8, 4) is 0 Å². The molecule has 0 N–H and O–H groups in total. The molecule has 2 aliphatic rings. The molecule has 1 atom stereocenters. The number of hydrogen-bond acceptors (Lipinski definition) is 1. The van der Waals surface area contributed by atoms with Gasteiger partial charge in [0.05, 0.1) is 0 Å². The lowest BCUT2D eigenvalue weighted by Gasteiger charge is -2.30. The molecule has 1 unspecified atom stereocenters. The molecule has 0 radical (unpaired) electrons. The van der Waals surface area contributed by atoms with Crippen molar-refractivity contribution in [3.63, 3.8) is 0 Å². The summed E-state index contributed by atoms with van der Waals surface area (Å²) in [6.45, 7) is 12.1. The molecule has 0 bridgehead atoms. The summed E-state index contributed by atoms with van der Waals surface area (Å²) in [5.41, 5.74) is 7.93. The Labute approximate surface area is 161 Å². The van der Waals surface area contributed by atoms with Crippen LogP contribution in [0.1, 0.15) is 101 Å². The highest BCUT2D eigenvalue weighted by Crippen LogP contribution is 2.46. The molecule has 1 heteroatoms. The predicted molar refractivity (Wildman–Crippen MR) is 114 cm³/mol. The van der Waals surface area contributed by atoms with Gasteiger partial charge in [-0.3, -0.25) is 0 Å². The van der Waals surface area contributed by atoms with E-state index in [-0.39, 0.29) is 0 Å². The first-order valence-corrected chi connectivity index (χ1v) is 11.0. The molecule has 0 amide bonds. The lowest BCUT2D eigenvalue weighted by atomic mass is 9.88. The molecule has 3 rings (SSSR count). The van der Waals surface area contributed by atoms with E-state index in [0.717, 1.165) is 18.9 Å². The average Bonchev–Trinajstić information content (AvgIpc) is 3.41. The van der Waals surface area contributed by atoms with Crippen LogP contribution in [0.15, 0.2) is 36.4 Å². The molecule has 1 saturated carbocycles. The van der Waals surface area contributed by atoms with Gasteiger partial charge in [-0.1, -0.05) is 64.3 Å². The summed E-state index contributed by atoms with van der Waals surface area (Å²) < 4.78 is 0. The Balaban J connectivity index is 1.91. The van der Waals surface area contributed by atoms with Gasteiger partial charge in [0.1, 0.15) is 0 Å². The number of hydrogen-bond donors (Lipinski definition) is 0. The average molecular weight is 352 g/mol. The molecule has 1 aromatic rings.